The lowest BCUT2D eigenvalue weighted by molar-refractivity contribution is 0.103. The van der Waals surface area contributed by atoms with Gasteiger partial charge >= 0.3 is 0 Å². The summed E-state index contributed by atoms with van der Waals surface area (Å²) in [5.41, 5.74) is 0.462. The zero-order valence-corrected chi connectivity index (χ0v) is 13.8. The number of rotatable bonds is 2. The van der Waals surface area contributed by atoms with Crippen LogP contribution >= 0.6 is 0 Å². The Morgan fingerprint density at radius 1 is 0.842 bits per heavy atom. The fourth-order valence-corrected chi connectivity index (χ4v) is 4.55. The van der Waals surface area contributed by atoms with Crippen molar-refractivity contribution in [3.8, 4) is 0 Å². The Morgan fingerprint density at radius 2 is 1.53 bits per heavy atom. The SMILES string of the molecule is CC1CCC(NC2CCCCC2C(C)(C)C)C(C)C1. The van der Waals surface area contributed by atoms with Crippen molar-refractivity contribution in [1.29, 1.82) is 0 Å². The fraction of sp³-hybridized carbons (Fsp3) is 1.00. The van der Waals surface area contributed by atoms with E-state index in [2.05, 4.69) is 39.9 Å². The van der Waals surface area contributed by atoms with Crippen LogP contribution in [0.1, 0.15) is 79.6 Å². The molecule has 1 heteroatoms. The van der Waals surface area contributed by atoms with Crippen molar-refractivity contribution in [1.82, 2.24) is 5.32 Å². The number of hydrogen-bond donors (Lipinski definition) is 1. The molecule has 19 heavy (non-hydrogen) atoms. The molecule has 1 N–H and O–H groups in total. The molecule has 0 aliphatic heterocycles. The summed E-state index contributed by atoms with van der Waals surface area (Å²) in [6.07, 6.45) is 9.95. The van der Waals surface area contributed by atoms with Crippen molar-refractivity contribution < 1.29 is 0 Å². The first-order chi connectivity index (χ1) is 8.88. The summed E-state index contributed by atoms with van der Waals surface area (Å²) in [6.45, 7) is 12.2. The van der Waals surface area contributed by atoms with Gasteiger partial charge in [-0.2, -0.15) is 0 Å². The van der Waals surface area contributed by atoms with Crippen molar-refractivity contribution in [3.63, 3.8) is 0 Å². The predicted octanol–water partition coefficient (Wildman–Crippen LogP) is 5.01. The highest BCUT2D eigenvalue weighted by atomic mass is 15.0. The molecule has 0 aromatic rings. The Kier molecular flexibility index (Phi) is 4.98. The second-order valence-corrected chi connectivity index (χ2v) is 8.53. The van der Waals surface area contributed by atoms with Crippen LogP contribution in [0.3, 0.4) is 0 Å². The molecule has 112 valence electrons. The Balaban J connectivity index is 1.96. The lowest BCUT2D eigenvalue weighted by Gasteiger charge is -2.44. The highest BCUT2D eigenvalue weighted by Crippen LogP contribution is 2.39. The van der Waals surface area contributed by atoms with Crippen LogP contribution in [0.25, 0.3) is 0 Å². The third-order valence-electron chi connectivity index (χ3n) is 5.74. The Morgan fingerprint density at radius 3 is 2.16 bits per heavy atom. The van der Waals surface area contributed by atoms with E-state index in [1.807, 2.05) is 0 Å². The standard InChI is InChI=1S/C18H35N/c1-13-10-11-16(14(2)12-13)19-17-9-7-6-8-15(17)18(3,4)5/h13-17,19H,6-12H2,1-5H3. The summed E-state index contributed by atoms with van der Waals surface area (Å²) in [7, 11) is 0. The molecule has 2 fully saturated rings. The molecule has 0 radical (unpaired) electrons. The first kappa shape index (κ1) is 15.4. The minimum Gasteiger partial charge on any atom is -0.311 e. The third kappa shape index (κ3) is 3.97. The van der Waals surface area contributed by atoms with Crippen molar-refractivity contribution >= 4 is 0 Å². The Hall–Kier alpha value is -0.0400. The van der Waals surface area contributed by atoms with Gasteiger partial charge in [0.1, 0.15) is 0 Å². The molecule has 0 saturated heterocycles. The van der Waals surface area contributed by atoms with E-state index in [9.17, 15) is 0 Å². The van der Waals surface area contributed by atoms with Crippen LogP contribution in [-0.2, 0) is 0 Å². The molecule has 0 amide bonds. The smallest absolute Gasteiger partial charge is 0.0103 e. The van der Waals surface area contributed by atoms with Crippen molar-refractivity contribution in [2.75, 3.05) is 0 Å². The molecule has 5 unspecified atom stereocenters. The Bertz CT molecular complexity index is 278. The molecule has 5 atom stereocenters. The van der Waals surface area contributed by atoms with Crippen molar-refractivity contribution in [2.45, 2.75) is 91.6 Å². The minimum absolute atomic E-state index is 0.462. The van der Waals surface area contributed by atoms with Gasteiger partial charge in [0.25, 0.3) is 0 Å². The molecular weight excluding hydrogens is 230 g/mol. The maximum atomic E-state index is 4.08. The van der Waals surface area contributed by atoms with Gasteiger partial charge in [0.15, 0.2) is 0 Å². The van der Waals surface area contributed by atoms with Crippen LogP contribution in [0.15, 0.2) is 0 Å². The van der Waals surface area contributed by atoms with E-state index in [1.165, 1.54) is 44.9 Å². The first-order valence-electron chi connectivity index (χ1n) is 8.64. The van der Waals surface area contributed by atoms with Crippen molar-refractivity contribution in [3.05, 3.63) is 0 Å². The van der Waals surface area contributed by atoms with E-state index < -0.39 is 0 Å². The maximum Gasteiger partial charge on any atom is 0.0103 e. The second-order valence-electron chi connectivity index (χ2n) is 8.53. The van der Waals surface area contributed by atoms with E-state index in [0.29, 0.717) is 5.41 Å². The molecule has 1 nitrogen and oxygen atoms in total. The Labute approximate surface area is 120 Å². The van der Waals surface area contributed by atoms with E-state index >= 15 is 0 Å². The van der Waals surface area contributed by atoms with Gasteiger partial charge in [0.2, 0.25) is 0 Å². The van der Waals surface area contributed by atoms with Crippen LogP contribution in [-0.4, -0.2) is 12.1 Å². The van der Waals surface area contributed by atoms with E-state index in [1.54, 1.807) is 0 Å². The molecule has 0 heterocycles. The van der Waals surface area contributed by atoms with Crippen LogP contribution in [0, 0.1) is 23.2 Å². The molecule has 2 rings (SSSR count). The molecule has 0 aromatic carbocycles. The largest absolute Gasteiger partial charge is 0.311 e. The van der Waals surface area contributed by atoms with E-state index in [4.69, 9.17) is 0 Å². The molecular formula is C18H35N. The lowest BCUT2D eigenvalue weighted by Crippen LogP contribution is -2.51. The maximum absolute atomic E-state index is 4.08. The van der Waals surface area contributed by atoms with Crippen LogP contribution in [0.2, 0.25) is 0 Å². The van der Waals surface area contributed by atoms with Gasteiger partial charge in [0, 0.05) is 12.1 Å². The lowest BCUT2D eigenvalue weighted by atomic mass is 9.69. The third-order valence-corrected chi connectivity index (χ3v) is 5.74. The van der Waals surface area contributed by atoms with Gasteiger partial charge in [0.05, 0.1) is 0 Å². The minimum atomic E-state index is 0.462. The average Bonchev–Trinajstić information content (AvgIpc) is 2.32. The highest BCUT2D eigenvalue weighted by molar-refractivity contribution is 4.92. The van der Waals surface area contributed by atoms with Gasteiger partial charge in [-0.05, 0) is 55.3 Å². The number of nitrogens with one attached hydrogen (secondary N) is 1. The van der Waals surface area contributed by atoms with Crippen LogP contribution < -0.4 is 5.32 Å². The summed E-state index contributed by atoms with van der Waals surface area (Å²) in [5, 5.41) is 4.08. The summed E-state index contributed by atoms with van der Waals surface area (Å²) in [4.78, 5) is 0. The molecule has 2 saturated carbocycles. The zero-order valence-electron chi connectivity index (χ0n) is 13.8. The normalized spacial score (nSPS) is 41.2. The molecule has 0 bridgehead atoms. The number of hydrogen-bond acceptors (Lipinski definition) is 1. The molecule has 2 aliphatic rings. The van der Waals surface area contributed by atoms with Crippen LogP contribution in [0.5, 0.6) is 0 Å². The molecule has 0 spiro atoms. The summed E-state index contributed by atoms with van der Waals surface area (Å²) < 4.78 is 0. The highest BCUT2D eigenvalue weighted by Gasteiger charge is 2.36. The van der Waals surface area contributed by atoms with Gasteiger partial charge in [-0.15, -0.1) is 0 Å². The first-order valence-corrected chi connectivity index (χ1v) is 8.64. The quantitative estimate of drug-likeness (QED) is 0.740. The predicted molar refractivity (Wildman–Crippen MR) is 84.3 cm³/mol. The zero-order chi connectivity index (χ0) is 14.0. The van der Waals surface area contributed by atoms with E-state index in [-0.39, 0.29) is 0 Å². The van der Waals surface area contributed by atoms with Gasteiger partial charge < -0.3 is 5.32 Å². The molecule has 2 aliphatic carbocycles. The summed E-state index contributed by atoms with van der Waals surface area (Å²) in [6, 6.07) is 1.55. The van der Waals surface area contributed by atoms with Gasteiger partial charge in [-0.1, -0.05) is 47.5 Å². The van der Waals surface area contributed by atoms with Crippen LogP contribution in [0.4, 0.5) is 0 Å². The second kappa shape index (κ2) is 6.16. The topological polar surface area (TPSA) is 12.0 Å². The van der Waals surface area contributed by atoms with Gasteiger partial charge in [-0.3, -0.25) is 0 Å². The van der Waals surface area contributed by atoms with Crippen molar-refractivity contribution in [2.24, 2.45) is 23.2 Å². The van der Waals surface area contributed by atoms with E-state index in [0.717, 1.165) is 29.8 Å². The summed E-state index contributed by atoms with van der Waals surface area (Å²) in [5.74, 6) is 2.68. The summed E-state index contributed by atoms with van der Waals surface area (Å²) >= 11 is 0. The molecule has 0 aromatic heterocycles. The average molecular weight is 265 g/mol. The fourth-order valence-electron chi connectivity index (χ4n) is 4.55. The monoisotopic (exact) mass is 265 g/mol. The van der Waals surface area contributed by atoms with Gasteiger partial charge in [-0.25, -0.2) is 0 Å².